The molecule has 0 radical (unpaired) electrons. The minimum atomic E-state index is -1.43. The lowest BCUT2D eigenvalue weighted by molar-refractivity contribution is 0.0585. The molecule has 3 aromatic heterocycles. The standard InChI is InChI=1S/C23H24F2N6O3S/c1-22(2,33)10-31-15-5-6-17(27-20(15)29-30-31)28-21-12(19(26)32)9-16(35-21)18-13(24)7-11(8-14(18)25)23(3,4)34/h5-9,33-34H,10H2,1-4H3,(H2,26,32)(H,27,28). The van der Waals surface area contributed by atoms with Crippen molar-refractivity contribution in [3.8, 4) is 10.4 Å². The molecular formula is C23H24F2N6O3S. The average molecular weight is 503 g/mol. The summed E-state index contributed by atoms with van der Waals surface area (Å²) in [6.45, 7) is 6.35. The van der Waals surface area contributed by atoms with E-state index < -0.39 is 28.7 Å². The molecular weight excluding hydrogens is 478 g/mol. The van der Waals surface area contributed by atoms with Gasteiger partial charge in [0.1, 0.15) is 28.0 Å². The van der Waals surface area contributed by atoms with Crippen LogP contribution in [0.1, 0.15) is 43.6 Å². The summed E-state index contributed by atoms with van der Waals surface area (Å²) in [5.74, 6) is -2.24. The van der Waals surface area contributed by atoms with Crippen LogP contribution in [0.2, 0.25) is 0 Å². The number of fused-ring (bicyclic) bond motifs is 1. The third kappa shape index (κ3) is 5.14. The topological polar surface area (TPSA) is 139 Å². The first kappa shape index (κ1) is 24.6. The van der Waals surface area contributed by atoms with Crippen molar-refractivity contribution in [2.75, 3.05) is 5.32 Å². The number of primary amides is 1. The number of amides is 1. The number of halogens is 2. The molecule has 35 heavy (non-hydrogen) atoms. The first-order chi connectivity index (χ1) is 16.2. The molecule has 12 heteroatoms. The molecule has 0 unspecified atom stereocenters. The van der Waals surface area contributed by atoms with Crippen molar-refractivity contribution in [2.24, 2.45) is 5.73 Å². The fourth-order valence-electron chi connectivity index (χ4n) is 3.48. The van der Waals surface area contributed by atoms with E-state index in [-0.39, 0.29) is 33.1 Å². The summed E-state index contributed by atoms with van der Waals surface area (Å²) in [7, 11) is 0. The SMILES string of the molecule is CC(C)(O)Cn1nnc2nc(Nc3sc(-c4c(F)cc(C(C)(C)O)cc4F)cc3C(N)=O)ccc21. The average Bonchev–Trinajstić information content (AvgIpc) is 3.30. The van der Waals surface area contributed by atoms with Crippen LogP contribution in [-0.4, -0.2) is 41.7 Å². The molecule has 0 spiro atoms. The summed E-state index contributed by atoms with van der Waals surface area (Å²) in [6, 6.07) is 6.74. The molecule has 0 atom stereocenters. The number of carbonyl (C=O) groups is 1. The molecule has 0 bridgehead atoms. The number of rotatable bonds is 7. The molecule has 9 nitrogen and oxygen atoms in total. The number of hydrogen-bond donors (Lipinski definition) is 4. The number of nitrogens with two attached hydrogens (primary N) is 1. The normalized spacial score (nSPS) is 12.3. The Morgan fingerprint density at radius 2 is 1.80 bits per heavy atom. The van der Waals surface area contributed by atoms with Gasteiger partial charge in [0.2, 0.25) is 5.65 Å². The van der Waals surface area contributed by atoms with Crippen LogP contribution >= 0.6 is 11.3 Å². The highest BCUT2D eigenvalue weighted by Gasteiger charge is 2.25. The van der Waals surface area contributed by atoms with E-state index in [0.717, 1.165) is 23.5 Å². The van der Waals surface area contributed by atoms with Gasteiger partial charge in [0.25, 0.3) is 5.91 Å². The Bertz CT molecular complexity index is 1410. The molecule has 1 amide bonds. The van der Waals surface area contributed by atoms with Crippen molar-refractivity contribution in [1.82, 2.24) is 20.0 Å². The summed E-state index contributed by atoms with van der Waals surface area (Å²) in [5, 5.41) is 31.3. The van der Waals surface area contributed by atoms with E-state index in [2.05, 4.69) is 20.6 Å². The third-order valence-corrected chi connectivity index (χ3v) is 6.22. The lowest BCUT2D eigenvalue weighted by atomic mass is 9.96. The van der Waals surface area contributed by atoms with E-state index in [1.807, 2.05) is 0 Å². The summed E-state index contributed by atoms with van der Waals surface area (Å²) >= 11 is 0.927. The molecule has 1 aromatic carbocycles. The summed E-state index contributed by atoms with van der Waals surface area (Å²) in [5.41, 5.74) is 3.74. The first-order valence-electron chi connectivity index (χ1n) is 10.6. The largest absolute Gasteiger partial charge is 0.389 e. The Hall–Kier alpha value is -3.48. The minimum absolute atomic E-state index is 0.0305. The molecule has 184 valence electrons. The van der Waals surface area contributed by atoms with Crippen molar-refractivity contribution < 1.29 is 23.8 Å². The fourth-order valence-corrected chi connectivity index (χ4v) is 4.60. The monoisotopic (exact) mass is 502 g/mol. The molecule has 0 saturated carbocycles. The maximum absolute atomic E-state index is 14.9. The molecule has 0 aliphatic carbocycles. The molecule has 4 aromatic rings. The van der Waals surface area contributed by atoms with Gasteiger partial charge in [0, 0.05) is 4.88 Å². The molecule has 3 heterocycles. The Morgan fingerprint density at radius 1 is 1.14 bits per heavy atom. The van der Waals surface area contributed by atoms with Crippen LogP contribution in [0.3, 0.4) is 0 Å². The van der Waals surface area contributed by atoms with Gasteiger partial charge in [0.05, 0.1) is 28.9 Å². The number of nitrogens with one attached hydrogen (secondary N) is 1. The third-order valence-electron chi connectivity index (χ3n) is 5.15. The Kier molecular flexibility index (Phi) is 6.07. The lowest BCUT2D eigenvalue weighted by Gasteiger charge is -2.18. The van der Waals surface area contributed by atoms with Crippen LogP contribution in [-0.2, 0) is 12.1 Å². The second-order valence-corrected chi connectivity index (χ2v) is 10.4. The maximum Gasteiger partial charge on any atom is 0.251 e. The van der Waals surface area contributed by atoms with Crippen molar-refractivity contribution in [3.63, 3.8) is 0 Å². The van der Waals surface area contributed by atoms with Crippen molar-refractivity contribution in [2.45, 2.75) is 45.4 Å². The summed E-state index contributed by atoms with van der Waals surface area (Å²) < 4.78 is 31.2. The first-order valence-corrected chi connectivity index (χ1v) is 11.4. The van der Waals surface area contributed by atoms with Crippen LogP contribution in [0.25, 0.3) is 21.6 Å². The van der Waals surface area contributed by atoms with Gasteiger partial charge in [0.15, 0.2) is 0 Å². The van der Waals surface area contributed by atoms with Crippen LogP contribution in [0, 0.1) is 11.6 Å². The van der Waals surface area contributed by atoms with Crippen molar-refractivity contribution in [3.05, 3.63) is 53.1 Å². The predicted octanol–water partition coefficient (Wildman–Crippen LogP) is 3.67. The smallest absolute Gasteiger partial charge is 0.251 e. The van der Waals surface area contributed by atoms with E-state index in [1.54, 1.807) is 26.0 Å². The van der Waals surface area contributed by atoms with Gasteiger partial charge in [-0.15, -0.1) is 16.4 Å². The molecule has 4 rings (SSSR count). The van der Waals surface area contributed by atoms with Gasteiger partial charge in [-0.3, -0.25) is 4.79 Å². The zero-order valence-electron chi connectivity index (χ0n) is 19.4. The highest BCUT2D eigenvalue weighted by Crippen LogP contribution is 2.40. The van der Waals surface area contributed by atoms with Crippen molar-refractivity contribution >= 4 is 39.2 Å². The molecule has 0 aliphatic rings. The van der Waals surface area contributed by atoms with Gasteiger partial charge < -0.3 is 21.3 Å². The van der Waals surface area contributed by atoms with Gasteiger partial charge in [-0.05, 0) is 63.6 Å². The Morgan fingerprint density at radius 3 is 2.37 bits per heavy atom. The summed E-state index contributed by atoms with van der Waals surface area (Å²) in [6.07, 6.45) is 0. The number of nitrogens with zero attached hydrogens (tertiary/aromatic N) is 4. The number of carbonyl (C=O) groups excluding carboxylic acids is 1. The Labute approximate surface area is 203 Å². The zero-order valence-corrected chi connectivity index (χ0v) is 20.2. The second kappa shape index (κ2) is 8.63. The Balaban J connectivity index is 1.70. The molecule has 5 N–H and O–H groups in total. The zero-order chi connectivity index (χ0) is 25.7. The highest BCUT2D eigenvalue weighted by molar-refractivity contribution is 7.20. The van der Waals surface area contributed by atoms with Crippen LogP contribution in [0.5, 0.6) is 0 Å². The number of hydrogen-bond acceptors (Lipinski definition) is 8. The number of thiophene rings is 1. The van der Waals surface area contributed by atoms with E-state index >= 15 is 0 Å². The number of anilines is 2. The molecule has 0 aliphatic heterocycles. The quantitative estimate of drug-likeness (QED) is 0.302. The summed E-state index contributed by atoms with van der Waals surface area (Å²) in [4.78, 5) is 16.6. The minimum Gasteiger partial charge on any atom is -0.389 e. The number of aromatic nitrogens is 4. The second-order valence-electron chi connectivity index (χ2n) is 9.32. The van der Waals surface area contributed by atoms with Gasteiger partial charge in [-0.1, -0.05) is 5.21 Å². The van der Waals surface area contributed by atoms with E-state index in [4.69, 9.17) is 5.73 Å². The number of pyridine rings is 1. The van der Waals surface area contributed by atoms with Gasteiger partial charge in [-0.2, -0.15) is 0 Å². The van der Waals surface area contributed by atoms with E-state index in [9.17, 15) is 23.8 Å². The fraction of sp³-hybridized carbons (Fsp3) is 0.304. The maximum atomic E-state index is 14.9. The van der Waals surface area contributed by atoms with Crippen LogP contribution in [0.15, 0.2) is 30.3 Å². The molecule has 0 fully saturated rings. The van der Waals surface area contributed by atoms with Gasteiger partial charge >= 0.3 is 0 Å². The molecule has 0 saturated heterocycles. The number of benzene rings is 1. The van der Waals surface area contributed by atoms with Crippen LogP contribution < -0.4 is 11.1 Å². The number of aliphatic hydroxyl groups is 2. The predicted molar refractivity (Wildman–Crippen MR) is 128 cm³/mol. The van der Waals surface area contributed by atoms with E-state index in [1.165, 1.54) is 24.6 Å². The highest BCUT2D eigenvalue weighted by atomic mass is 32.1. The van der Waals surface area contributed by atoms with E-state index in [0.29, 0.717) is 17.0 Å². The van der Waals surface area contributed by atoms with Crippen molar-refractivity contribution in [1.29, 1.82) is 0 Å². The van der Waals surface area contributed by atoms with Crippen LogP contribution in [0.4, 0.5) is 19.6 Å². The lowest BCUT2D eigenvalue weighted by Crippen LogP contribution is -2.26. The van der Waals surface area contributed by atoms with Gasteiger partial charge in [-0.25, -0.2) is 18.4 Å².